The minimum Gasteiger partial charge on any atom is -0.379 e. The molecule has 2 aromatic carbocycles. The van der Waals surface area contributed by atoms with Crippen molar-refractivity contribution in [1.82, 2.24) is 19.9 Å². The van der Waals surface area contributed by atoms with Crippen molar-refractivity contribution in [2.75, 3.05) is 28.6 Å². The summed E-state index contributed by atoms with van der Waals surface area (Å²) in [6.07, 6.45) is 5.42. The summed E-state index contributed by atoms with van der Waals surface area (Å²) in [5.41, 5.74) is 1.30. The molecular formula is C24H21ClFN7O3S. The highest BCUT2D eigenvalue weighted by atomic mass is 35.5. The molecule has 0 bridgehead atoms. The van der Waals surface area contributed by atoms with Crippen LogP contribution in [-0.2, 0) is 14.8 Å². The predicted molar refractivity (Wildman–Crippen MR) is 138 cm³/mol. The van der Waals surface area contributed by atoms with Crippen molar-refractivity contribution in [1.29, 1.82) is 0 Å². The van der Waals surface area contributed by atoms with Gasteiger partial charge in [0.1, 0.15) is 17.0 Å². The van der Waals surface area contributed by atoms with E-state index in [1.165, 1.54) is 42.7 Å². The molecular weight excluding hydrogens is 521 g/mol. The third-order valence-electron chi connectivity index (χ3n) is 5.52. The maximum atomic E-state index is 14.9. The lowest BCUT2D eigenvalue weighted by Crippen LogP contribution is -2.20. The Balaban J connectivity index is 1.36. The van der Waals surface area contributed by atoms with Crippen LogP contribution in [0.2, 0.25) is 5.02 Å². The number of hydrogen-bond acceptors (Lipinski definition) is 9. The molecule has 1 saturated heterocycles. The average molecular weight is 542 g/mol. The summed E-state index contributed by atoms with van der Waals surface area (Å²) in [7, 11) is -4.08. The number of halogens is 2. The Morgan fingerprint density at radius 3 is 2.73 bits per heavy atom. The maximum absolute atomic E-state index is 14.9. The first-order valence-corrected chi connectivity index (χ1v) is 13.1. The Labute approximate surface area is 217 Å². The van der Waals surface area contributed by atoms with Gasteiger partial charge >= 0.3 is 0 Å². The second kappa shape index (κ2) is 10.6. The molecule has 1 fully saturated rings. The van der Waals surface area contributed by atoms with Gasteiger partial charge in [0.25, 0.3) is 10.0 Å². The molecule has 0 spiro atoms. The molecule has 2 aromatic heterocycles. The summed E-state index contributed by atoms with van der Waals surface area (Å²) in [6, 6.07) is 11.8. The van der Waals surface area contributed by atoms with Gasteiger partial charge in [-0.2, -0.15) is 4.98 Å². The number of nitrogens with one attached hydrogen (secondary N) is 3. The van der Waals surface area contributed by atoms with Crippen molar-refractivity contribution in [3.05, 3.63) is 78.1 Å². The van der Waals surface area contributed by atoms with E-state index in [0.717, 1.165) is 6.42 Å². The number of pyridine rings is 1. The van der Waals surface area contributed by atoms with Crippen LogP contribution in [0.1, 0.15) is 6.42 Å². The lowest BCUT2D eigenvalue weighted by molar-refractivity contribution is 0.195. The van der Waals surface area contributed by atoms with Crippen molar-refractivity contribution in [3.63, 3.8) is 0 Å². The van der Waals surface area contributed by atoms with Gasteiger partial charge in [0.05, 0.1) is 34.6 Å². The number of benzene rings is 2. The van der Waals surface area contributed by atoms with Gasteiger partial charge in [-0.1, -0.05) is 23.7 Å². The van der Waals surface area contributed by atoms with Crippen LogP contribution in [0, 0.1) is 5.82 Å². The molecule has 5 rings (SSSR count). The summed E-state index contributed by atoms with van der Waals surface area (Å²) in [5.74, 6) is 0.00905. The number of sulfonamides is 1. The Hall–Kier alpha value is -3.87. The highest BCUT2D eigenvalue weighted by molar-refractivity contribution is 7.92. The first-order valence-electron chi connectivity index (χ1n) is 11.2. The minimum atomic E-state index is -4.08. The van der Waals surface area contributed by atoms with Crippen LogP contribution in [0.15, 0.2) is 72.1 Å². The molecule has 0 radical (unpaired) electrons. The fraction of sp³-hybridized carbons (Fsp3) is 0.167. The van der Waals surface area contributed by atoms with E-state index in [2.05, 4.69) is 35.3 Å². The van der Waals surface area contributed by atoms with Crippen LogP contribution in [-0.4, -0.2) is 47.6 Å². The second-order valence-corrected chi connectivity index (χ2v) is 10.2. The summed E-state index contributed by atoms with van der Waals surface area (Å²) < 4.78 is 47.9. The number of anilines is 4. The fourth-order valence-corrected chi connectivity index (χ4v) is 5.29. The first-order chi connectivity index (χ1) is 17.9. The quantitative estimate of drug-likeness (QED) is 0.295. The second-order valence-electron chi connectivity index (χ2n) is 8.11. The highest BCUT2D eigenvalue weighted by Gasteiger charge is 2.20. The molecule has 3 heterocycles. The zero-order valence-electron chi connectivity index (χ0n) is 19.2. The number of aromatic nitrogens is 4. The van der Waals surface area contributed by atoms with Gasteiger partial charge < -0.3 is 15.4 Å². The van der Waals surface area contributed by atoms with Crippen molar-refractivity contribution in [2.24, 2.45) is 0 Å². The zero-order chi connectivity index (χ0) is 25.8. The van der Waals surface area contributed by atoms with E-state index < -0.39 is 15.8 Å². The van der Waals surface area contributed by atoms with Crippen molar-refractivity contribution < 1.29 is 17.5 Å². The molecule has 0 amide bonds. The molecule has 190 valence electrons. The molecule has 1 aliphatic rings. The molecule has 3 N–H and O–H groups in total. The number of rotatable bonds is 8. The SMILES string of the molecule is O=S(=O)(Nc1ccc(Nc2ccncc2-c2ncnc(NC3CCOC3)n2)cc1F)c1ccccc1Cl. The van der Waals surface area contributed by atoms with Crippen molar-refractivity contribution in [2.45, 2.75) is 17.4 Å². The third-order valence-corrected chi connectivity index (χ3v) is 7.38. The smallest absolute Gasteiger partial charge is 0.263 e. The standard InChI is InChI=1S/C24H21ClFN7O3S/c25-18-3-1-2-4-22(18)37(34,35)33-21-6-5-15(11-19(21)26)30-20-7-9-27-12-17(20)23-28-14-29-24(32-23)31-16-8-10-36-13-16/h1-7,9,11-12,14,16,33H,8,10,13H2,(H,27,30)(H,28,29,31,32). The number of nitrogens with zero attached hydrogens (tertiary/aromatic N) is 4. The van der Waals surface area contributed by atoms with Crippen LogP contribution in [0.25, 0.3) is 11.4 Å². The van der Waals surface area contributed by atoms with Crippen molar-refractivity contribution in [3.8, 4) is 11.4 Å². The Bertz CT molecular complexity index is 1530. The van der Waals surface area contributed by atoms with E-state index in [9.17, 15) is 12.8 Å². The average Bonchev–Trinajstić information content (AvgIpc) is 3.39. The van der Waals surface area contributed by atoms with Gasteiger partial charge in [-0.05, 0) is 42.8 Å². The predicted octanol–water partition coefficient (Wildman–Crippen LogP) is 4.47. The van der Waals surface area contributed by atoms with E-state index in [0.29, 0.717) is 41.9 Å². The van der Waals surface area contributed by atoms with Crippen molar-refractivity contribution >= 4 is 44.6 Å². The zero-order valence-corrected chi connectivity index (χ0v) is 20.8. The normalized spacial score (nSPS) is 15.4. The molecule has 0 saturated carbocycles. The summed E-state index contributed by atoms with van der Waals surface area (Å²) >= 11 is 6.00. The maximum Gasteiger partial charge on any atom is 0.263 e. The molecule has 1 aliphatic heterocycles. The molecule has 37 heavy (non-hydrogen) atoms. The van der Waals surface area contributed by atoms with E-state index in [1.54, 1.807) is 24.5 Å². The van der Waals surface area contributed by atoms with E-state index in [4.69, 9.17) is 16.3 Å². The minimum absolute atomic E-state index is 0.0344. The van der Waals surface area contributed by atoms with Gasteiger partial charge in [-0.25, -0.2) is 22.8 Å². The van der Waals surface area contributed by atoms with Crippen LogP contribution in [0.3, 0.4) is 0 Å². The number of ether oxygens (including phenoxy) is 1. The largest absolute Gasteiger partial charge is 0.379 e. The Morgan fingerprint density at radius 1 is 1.08 bits per heavy atom. The summed E-state index contributed by atoms with van der Waals surface area (Å²) in [6.45, 7) is 1.26. The molecule has 1 unspecified atom stereocenters. The van der Waals surface area contributed by atoms with Gasteiger partial charge in [-0.3, -0.25) is 9.71 Å². The van der Waals surface area contributed by atoms with Gasteiger partial charge in [-0.15, -0.1) is 0 Å². The van der Waals surface area contributed by atoms with Crippen LogP contribution < -0.4 is 15.4 Å². The Kier molecular flexibility index (Phi) is 7.12. The van der Waals surface area contributed by atoms with Crippen LogP contribution in [0.4, 0.5) is 27.4 Å². The van der Waals surface area contributed by atoms with Crippen LogP contribution >= 0.6 is 11.6 Å². The van der Waals surface area contributed by atoms with E-state index in [-0.39, 0.29) is 21.6 Å². The monoisotopic (exact) mass is 541 g/mol. The van der Waals surface area contributed by atoms with Gasteiger partial charge in [0.15, 0.2) is 5.82 Å². The lowest BCUT2D eigenvalue weighted by atomic mass is 10.2. The third kappa shape index (κ3) is 5.77. The lowest BCUT2D eigenvalue weighted by Gasteiger charge is -2.14. The van der Waals surface area contributed by atoms with Gasteiger partial charge in [0.2, 0.25) is 5.95 Å². The summed E-state index contributed by atoms with van der Waals surface area (Å²) in [5, 5.41) is 6.38. The molecule has 13 heteroatoms. The summed E-state index contributed by atoms with van der Waals surface area (Å²) in [4.78, 5) is 16.9. The van der Waals surface area contributed by atoms with Gasteiger partial charge in [0, 0.05) is 24.7 Å². The Morgan fingerprint density at radius 2 is 1.95 bits per heavy atom. The molecule has 1 atom stereocenters. The van der Waals surface area contributed by atoms with Crippen LogP contribution in [0.5, 0.6) is 0 Å². The number of hydrogen-bond donors (Lipinski definition) is 3. The first kappa shape index (κ1) is 24.8. The molecule has 10 nitrogen and oxygen atoms in total. The fourth-order valence-electron chi connectivity index (χ4n) is 3.70. The highest BCUT2D eigenvalue weighted by Crippen LogP contribution is 2.30. The molecule has 0 aliphatic carbocycles. The van der Waals surface area contributed by atoms with E-state index in [1.807, 2.05) is 0 Å². The van der Waals surface area contributed by atoms with E-state index >= 15 is 0 Å². The molecule has 4 aromatic rings. The topological polar surface area (TPSA) is 131 Å².